The summed E-state index contributed by atoms with van der Waals surface area (Å²) >= 11 is 0. The zero-order valence-electron chi connectivity index (χ0n) is 19.7. The highest BCUT2D eigenvalue weighted by atomic mass is 16.3. The number of carbonyl (C=O) groups is 1. The summed E-state index contributed by atoms with van der Waals surface area (Å²) in [6, 6.07) is 10.6. The molecular weight excluding hydrogens is 388 g/mol. The SMILES string of the molecule is CCNC(=NCC(=O)N1CCC(Cc2ccccc2)CC1)NCC(CC)(CC)CCO. The average Bonchev–Trinajstić information content (AvgIpc) is 2.81. The van der Waals surface area contributed by atoms with Crippen LogP contribution in [0, 0.1) is 11.3 Å². The van der Waals surface area contributed by atoms with Crippen molar-refractivity contribution in [1.82, 2.24) is 15.5 Å². The van der Waals surface area contributed by atoms with Gasteiger partial charge in [-0.25, -0.2) is 4.99 Å². The summed E-state index contributed by atoms with van der Waals surface area (Å²) in [6.45, 7) is 9.84. The Morgan fingerprint density at radius 2 is 1.81 bits per heavy atom. The predicted molar refractivity (Wildman–Crippen MR) is 128 cm³/mol. The summed E-state index contributed by atoms with van der Waals surface area (Å²) in [5, 5.41) is 16.1. The smallest absolute Gasteiger partial charge is 0.244 e. The van der Waals surface area contributed by atoms with Crippen LogP contribution >= 0.6 is 0 Å². The molecule has 1 saturated heterocycles. The topological polar surface area (TPSA) is 77.0 Å². The quantitative estimate of drug-likeness (QED) is 0.372. The summed E-state index contributed by atoms with van der Waals surface area (Å²) in [5.74, 6) is 1.43. The van der Waals surface area contributed by atoms with Gasteiger partial charge >= 0.3 is 0 Å². The first-order valence-electron chi connectivity index (χ1n) is 12.0. The Hall–Kier alpha value is -2.08. The Balaban J connectivity index is 1.83. The maximum absolute atomic E-state index is 12.7. The Morgan fingerprint density at radius 1 is 1.13 bits per heavy atom. The maximum atomic E-state index is 12.7. The fraction of sp³-hybridized carbons (Fsp3) is 0.680. The third-order valence-corrected chi connectivity index (χ3v) is 6.82. The fourth-order valence-electron chi connectivity index (χ4n) is 4.37. The van der Waals surface area contributed by atoms with Crippen molar-refractivity contribution in [2.45, 2.75) is 59.3 Å². The highest BCUT2D eigenvalue weighted by Crippen LogP contribution is 2.29. The van der Waals surface area contributed by atoms with Crippen LogP contribution < -0.4 is 10.6 Å². The lowest BCUT2D eigenvalue weighted by atomic mass is 9.79. The molecule has 174 valence electrons. The Labute approximate surface area is 188 Å². The van der Waals surface area contributed by atoms with E-state index in [1.165, 1.54) is 5.56 Å². The second kappa shape index (κ2) is 13.4. The summed E-state index contributed by atoms with van der Waals surface area (Å²) in [7, 11) is 0. The van der Waals surface area contributed by atoms with Gasteiger partial charge in [0.1, 0.15) is 6.54 Å². The van der Waals surface area contributed by atoms with Crippen molar-refractivity contribution in [1.29, 1.82) is 0 Å². The lowest BCUT2D eigenvalue weighted by molar-refractivity contribution is -0.130. The molecule has 0 saturated carbocycles. The first-order valence-corrected chi connectivity index (χ1v) is 12.0. The van der Waals surface area contributed by atoms with Gasteiger partial charge in [-0.3, -0.25) is 4.79 Å². The van der Waals surface area contributed by atoms with Crippen LogP contribution in [-0.2, 0) is 11.2 Å². The fourth-order valence-corrected chi connectivity index (χ4v) is 4.37. The van der Waals surface area contributed by atoms with Crippen molar-refractivity contribution >= 4 is 11.9 Å². The minimum Gasteiger partial charge on any atom is -0.396 e. The van der Waals surface area contributed by atoms with Crippen LogP contribution in [-0.4, -0.2) is 61.2 Å². The zero-order chi connectivity index (χ0) is 22.5. The molecule has 1 amide bonds. The van der Waals surface area contributed by atoms with Gasteiger partial charge in [-0.1, -0.05) is 44.2 Å². The van der Waals surface area contributed by atoms with Crippen LogP contribution in [0.4, 0.5) is 0 Å². The largest absolute Gasteiger partial charge is 0.396 e. The van der Waals surface area contributed by atoms with Crippen LogP contribution in [0.15, 0.2) is 35.3 Å². The normalized spacial score (nSPS) is 15.7. The number of benzene rings is 1. The molecule has 6 nitrogen and oxygen atoms in total. The minimum absolute atomic E-state index is 0.0512. The first kappa shape index (κ1) is 25.2. The molecule has 0 spiro atoms. The van der Waals surface area contributed by atoms with E-state index < -0.39 is 0 Å². The van der Waals surface area contributed by atoms with Crippen LogP contribution in [0.1, 0.15) is 58.4 Å². The number of rotatable bonds is 11. The molecular formula is C25H42N4O2. The highest BCUT2D eigenvalue weighted by molar-refractivity contribution is 5.85. The number of guanidine groups is 1. The minimum atomic E-state index is 0.0512. The van der Waals surface area contributed by atoms with Crippen molar-refractivity contribution in [2.24, 2.45) is 16.3 Å². The zero-order valence-corrected chi connectivity index (χ0v) is 19.7. The van der Waals surface area contributed by atoms with Gasteiger partial charge in [-0.05, 0) is 62.3 Å². The molecule has 1 aromatic rings. The van der Waals surface area contributed by atoms with Crippen LogP contribution in [0.25, 0.3) is 0 Å². The van der Waals surface area contributed by atoms with Gasteiger partial charge in [-0.2, -0.15) is 0 Å². The number of carbonyl (C=O) groups excluding carboxylic acids is 1. The molecule has 0 radical (unpaired) electrons. The second-order valence-corrected chi connectivity index (χ2v) is 8.74. The lowest BCUT2D eigenvalue weighted by Gasteiger charge is -2.32. The number of aliphatic hydroxyl groups is 1. The van der Waals surface area contributed by atoms with E-state index in [2.05, 4.69) is 59.8 Å². The maximum Gasteiger partial charge on any atom is 0.244 e. The number of nitrogens with zero attached hydrogens (tertiary/aromatic N) is 2. The molecule has 0 atom stereocenters. The molecule has 3 N–H and O–H groups in total. The number of amides is 1. The summed E-state index contributed by atoms with van der Waals surface area (Å²) in [5.41, 5.74) is 1.44. The van der Waals surface area contributed by atoms with Crippen molar-refractivity contribution in [3.05, 3.63) is 35.9 Å². The lowest BCUT2D eigenvalue weighted by Crippen LogP contribution is -2.45. The number of hydrogen-bond acceptors (Lipinski definition) is 3. The molecule has 1 heterocycles. The molecule has 31 heavy (non-hydrogen) atoms. The Morgan fingerprint density at radius 3 is 2.39 bits per heavy atom. The molecule has 1 aliphatic heterocycles. The molecule has 1 aliphatic rings. The number of likely N-dealkylation sites (tertiary alicyclic amines) is 1. The van der Waals surface area contributed by atoms with E-state index in [-0.39, 0.29) is 24.5 Å². The first-order chi connectivity index (χ1) is 15.1. The number of nitrogens with one attached hydrogen (secondary N) is 2. The number of piperidine rings is 1. The van der Waals surface area contributed by atoms with E-state index in [9.17, 15) is 9.90 Å². The van der Waals surface area contributed by atoms with Crippen molar-refractivity contribution in [3.8, 4) is 0 Å². The highest BCUT2D eigenvalue weighted by Gasteiger charge is 2.26. The van der Waals surface area contributed by atoms with Crippen molar-refractivity contribution in [3.63, 3.8) is 0 Å². The third kappa shape index (κ3) is 8.17. The summed E-state index contributed by atoms with van der Waals surface area (Å²) in [4.78, 5) is 19.2. The van der Waals surface area contributed by atoms with Gasteiger partial charge in [0.05, 0.1) is 0 Å². The molecule has 6 heteroatoms. The molecule has 1 aromatic carbocycles. The van der Waals surface area contributed by atoms with E-state index >= 15 is 0 Å². The van der Waals surface area contributed by atoms with Gasteiger partial charge in [0.25, 0.3) is 0 Å². The second-order valence-electron chi connectivity index (χ2n) is 8.74. The number of aliphatic imine (C=N–C) groups is 1. The van der Waals surface area contributed by atoms with E-state index in [0.29, 0.717) is 11.9 Å². The predicted octanol–water partition coefficient (Wildman–Crippen LogP) is 3.21. The Kier molecular flexibility index (Phi) is 10.9. The van der Waals surface area contributed by atoms with Gasteiger partial charge in [0.2, 0.25) is 5.91 Å². The van der Waals surface area contributed by atoms with E-state index in [1.54, 1.807) is 0 Å². The third-order valence-electron chi connectivity index (χ3n) is 6.82. The van der Waals surface area contributed by atoms with E-state index in [1.807, 2.05) is 11.8 Å². The van der Waals surface area contributed by atoms with Crippen LogP contribution in [0.3, 0.4) is 0 Å². The molecule has 0 bridgehead atoms. The standard InChI is InChI=1S/C25H42N4O2/c1-4-25(5-2,14-17-30)20-28-24(26-6-3)27-19-23(31)29-15-12-22(13-16-29)18-21-10-8-7-9-11-21/h7-11,22,30H,4-6,12-20H2,1-3H3,(H2,26,27,28). The van der Waals surface area contributed by atoms with Crippen LogP contribution in [0.2, 0.25) is 0 Å². The van der Waals surface area contributed by atoms with E-state index in [4.69, 9.17) is 0 Å². The molecule has 0 unspecified atom stereocenters. The molecule has 0 aliphatic carbocycles. The van der Waals surface area contributed by atoms with Crippen LogP contribution in [0.5, 0.6) is 0 Å². The van der Waals surface area contributed by atoms with Gasteiger partial charge < -0.3 is 20.6 Å². The van der Waals surface area contributed by atoms with Gasteiger partial charge in [0, 0.05) is 32.8 Å². The number of hydrogen-bond donors (Lipinski definition) is 3. The number of aliphatic hydroxyl groups excluding tert-OH is 1. The van der Waals surface area contributed by atoms with Crippen molar-refractivity contribution in [2.75, 3.05) is 39.3 Å². The Bertz CT molecular complexity index is 665. The van der Waals surface area contributed by atoms with Gasteiger partial charge in [0.15, 0.2) is 5.96 Å². The van der Waals surface area contributed by atoms with Crippen molar-refractivity contribution < 1.29 is 9.90 Å². The average molecular weight is 431 g/mol. The molecule has 0 aromatic heterocycles. The summed E-state index contributed by atoms with van der Waals surface area (Å²) < 4.78 is 0. The summed E-state index contributed by atoms with van der Waals surface area (Å²) in [6.07, 6.45) is 5.96. The molecule has 2 rings (SSSR count). The van der Waals surface area contributed by atoms with Gasteiger partial charge in [-0.15, -0.1) is 0 Å². The molecule has 1 fully saturated rings. The van der Waals surface area contributed by atoms with E-state index in [0.717, 1.165) is 64.7 Å². The monoisotopic (exact) mass is 430 g/mol.